The lowest BCUT2D eigenvalue weighted by Gasteiger charge is -2.35. The van der Waals surface area contributed by atoms with E-state index < -0.39 is 12.7 Å². The van der Waals surface area contributed by atoms with E-state index in [2.05, 4.69) is 5.10 Å². The van der Waals surface area contributed by atoms with Gasteiger partial charge in [0.15, 0.2) is 0 Å². The molecule has 1 saturated heterocycles. The highest BCUT2D eigenvalue weighted by Crippen LogP contribution is 2.31. The van der Waals surface area contributed by atoms with Crippen LogP contribution in [-0.4, -0.2) is 45.5 Å². The fourth-order valence-corrected chi connectivity index (χ4v) is 3.13. The van der Waals surface area contributed by atoms with E-state index in [0.29, 0.717) is 12.3 Å². The van der Waals surface area contributed by atoms with Crippen LogP contribution in [0.15, 0.2) is 12.4 Å². The smallest absolute Gasteiger partial charge is 0.286 e. The first-order chi connectivity index (χ1) is 7.96. The Morgan fingerprint density at radius 2 is 2.29 bits per heavy atom. The van der Waals surface area contributed by atoms with Crippen LogP contribution in [0.2, 0.25) is 0 Å². The molecule has 2 rings (SSSR count). The van der Waals surface area contributed by atoms with Crippen LogP contribution in [0.1, 0.15) is 11.6 Å². The third kappa shape index (κ3) is 3.38. The van der Waals surface area contributed by atoms with Crippen molar-refractivity contribution in [3.8, 4) is 0 Å². The topological polar surface area (TPSA) is 21.1 Å². The van der Waals surface area contributed by atoms with Crippen molar-refractivity contribution in [2.24, 2.45) is 7.05 Å². The summed E-state index contributed by atoms with van der Waals surface area (Å²) in [6, 6.07) is -0.177. The van der Waals surface area contributed by atoms with E-state index in [1.165, 1.54) is 4.90 Å². The largest absolute Gasteiger partial charge is 0.401 e. The first-order valence-electron chi connectivity index (χ1n) is 5.33. The number of rotatable bonds is 2. The Morgan fingerprint density at radius 3 is 2.88 bits per heavy atom. The second-order valence-corrected chi connectivity index (χ2v) is 5.27. The Kier molecular flexibility index (Phi) is 3.67. The maximum Gasteiger partial charge on any atom is 0.401 e. The number of aryl methyl sites for hydroxylation is 1. The maximum absolute atomic E-state index is 12.5. The van der Waals surface area contributed by atoms with Gasteiger partial charge in [0.25, 0.3) is 0 Å². The standard InChI is InChI=1S/C10H14F3N3S/c1-15-5-8(4-14-15)9-6-17-3-2-16(9)7-10(11,12)13/h4-5,9H,2-3,6-7H2,1H3. The van der Waals surface area contributed by atoms with Crippen LogP contribution in [0, 0.1) is 0 Å². The monoisotopic (exact) mass is 265 g/mol. The zero-order chi connectivity index (χ0) is 12.5. The molecule has 1 aromatic rings. The summed E-state index contributed by atoms with van der Waals surface area (Å²) in [5.41, 5.74) is 0.865. The Hall–Kier alpha value is -0.690. The molecule has 1 fully saturated rings. The molecule has 0 amide bonds. The summed E-state index contributed by atoms with van der Waals surface area (Å²) in [6.07, 6.45) is -0.692. The van der Waals surface area contributed by atoms with Gasteiger partial charge in [0.05, 0.1) is 12.7 Å². The summed E-state index contributed by atoms with van der Waals surface area (Å²) in [7, 11) is 1.77. The van der Waals surface area contributed by atoms with E-state index in [-0.39, 0.29) is 6.04 Å². The molecule has 1 aliphatic heterocycles. The van der Waals surface area contributed by atoms with Gasteiger partial charge < -0.3 is 0 Å². The van der Waals surface area contributed by atoms with Gasteiger partial charge in [-0.25, -0.2) is 0 Å². The van der Waals surface area contributed by atoms with Crippen LogP contribution in [0.4, 0.5) is 13.2 Å². The van der Waals surface area contributed by atoms with Crippen molar-refractivity contribution in [2.75, 3.05) is 24.6 Å². The quantitative estimate of drug-likeness (QED) is 0.817. The van der Waals surface area contributed by atoms with Crippen LogP contribution in [0.3, 0.4) is 0 Å². The van der Waals surface area contributed by atoms with E-state index in [9.17, 15) is 13.2 Å². The second-order valence-electron chi connectivity index (χ2n) is 4.12. The Balaban J connectivity index is 2.12. The number of hydrogen-bond acceptors (Lipinski definition) is 3. The maximum atomic E-state index is 12.5. The van der Waals surface area contributed by atoms with Gasteiger partial charge >= 0.3 is 6.18 Å². The summed E-state index contributed by atoms with van der Waals surface area (Å²) in [5.74, 6) is 1.45. The molecule has 7 heteroatoms. The fourth-order valence-electron chi connectivity index (χ4n) is 1.98. The molecule has 1 atom stereocenters. The highest BCUT2D eigenvalue weighted by molar-refractivity contribution is 7.99. The molecule has 96 valence electrons. The van der Waals surface area contributed by atoms with Crippen molar-refractivity contribution in [2.45, 2.75) is 12.2 Å². The van der Waals surface area contributed by atoms with Crippen LogP contribution >= 0.6 is 11.8 Å². The van der Waals surface area contributed by atoms with E-state index in [4.69, 9.17) is 0 Å². The van der Waals surface area contributed by atoms with Crippen molar-refractivity contribution in [3.63, 3.8) is 0 Å². The van der Waals surface area contributed by atoms with Crippen molar-refractivity contribution in [3.05, 3.63) is 18.0 Å². The van der Waals surface area contributed by atoms with Crippen molar-refractivity contribution >= 4 is 11.8 Å². The lowest BCUT2D eigenvalue weighted by atomic mass is 10.1. The molecule has 0 aromatic carbocycles. The van der Waals surface area contributed by atoms with E-state index in [1.54, 1.807) is 35.9 Å². The molecular formula is C10H14F3N3S. The summed E-state index contributed by atoms with van der Waals surface area (Å²) in [5, 5.41) is 4.02. The van der Waals surface area contributed by atoms with E-state index >= 15 is 0 Å². The number of alkyl halides is 3. The fraction of sp³-hybridized carbons (Fsp3) is 0.700. The normalized spacial score (nSPS) is 22.9. The summed E-state index contributed by atoms with van der Waals surface area (Å²) in [4.78, 5) is 1.49. The SMILES string of the molecule is Cn1cc(C2CSCCN2CC(F)(F)F)cn1. The van der Waals surface area contributed by atoms with Gasteiger partial charge in [-0.15, -0.1) is 0 Å². The van der Waals surface area contributed by atoms with Crippen molar-refractivity contribution in [1.82, 2.24) is 14.7 Å². The van der Waals surface area contributed by atoms with Crippen LogP contribution < -0.4 is 0 Å². The van der Waals surface area contributed by atoms with E-state index in [1.807, 2.05) is 0 Å². The second kappa shape index (κ2) is 4.89. The summed E-state index contributed by atoms with van der Waals surface area (Å²) in [6.45, 7) is -0.364. The highest BCUT2D eigenvalue weighted by Gasteiger charge is 2.35. The zero-order valence-corrected chi connectivity index (χ0v) is 10.3. The zero-order valence-electron chi connectivity index (χ0n) is 9.44. The first kappa shape index (κ1) is 12.8. The molecule has 0 N–H and O–H groups in total. The van der Waals surface area contributed by atoms with Crippen molar-refractivity contribution in [1.29, 1.82) is 0 Å². The molecule has 0 saturated carbocycles. The van der Waals surface area contributed by atoms with Gasteiger partial charge in [-0.2, -0.15) is 30.0 Å². The average molecular weight is 265 g/mol. The molecule has 0 bridgehead atoms. The molecule has 1 aromatic heterocycles. The summed E-state index contributed by atoms with van der Waals surface area (Å²) >= 11 is 1.69. The number of halogens is 3. The minimum Gasteiger partial charge on any atom is -0.286 e. The third-order valence-electron chi connectivity index (χ3n) is 2.73. The number of aromatic nitrogens is 2. The summed E-state index contributed by atoms with van der Waals surface area (Å²) < 4.78 is 39.0. The van der Waals surface area contributed by atoms with Gasteiger partial charge in [0.2, 0.25) is 0 Å². The highest BCUT2D eigenvalue weighted by atomic mass is 32.2. The molecule has 1 unspecified atom stereocenters. The van der Waals surface area contributed by atoms with Gasteiger partial charge in [0.1, 0.15) is 0 Å². The predicted octanol–water partition coefficient (Wildman–Crippen LogP) is 2.07. The van der Waals surface area contributed by atoms with Gasteiger partial charge in [-0.3, -0.25) is 9.58 Å². The molecular weight excluding hydrogens is 251 g/mol. The van der Waals surface area contributed by atoms with E-state index in [0.717, 1.165) is 11.3 Å². The molecule has 2 heterocycles. The van der Waals surface area contributed by atoms with Crippen LogP contribution in [-0.2, 0) is 7.05 Å². The Morgan fingerprint density at radius 1 is 1.53 bits per heavy atom. The molecule has 17 heavy (non-hydrogen) atoms. The molecule has 0 aliphatic carbocycles. The van der Waals surface area contributed by atoms with Crippen LogP contribution in [0.25, 0.3) is 0 Å². The molecule has 0 spiro atoms. The first-order valence-corrected chi connectivity index (χ1v) is 6.48. The Labute approximate surface area is 102 Å². The predicted molar refractivity (Wildman–Crippen MR) is 60.9 cm³/mol. The minimum atomic E-state index is -4.14. The van der Waals surface area contributed by atoms with Gasteiger partial charge in [0, 0.05) is 42.9 Å². The number of thioether (sulfide) groups is 1. The molecule has 3 nitrogen and oxygen atoms in total. The average Bonchev–Trinajstić information content (AvgIpc) is 2.63. The minimum absolute atomic E-state index is 0.177. The Bertz CT molecular complexity index is 377. The van der Waals surface area contributed by atoms with Crippen molar-refractivity contribution < 1.29 is 13.2 Å². The van der Waals surface area contributed by atoms with Gasteiger partial charge in [-0.05, 0) is 0 Å². The number of hydrogen-bond donors (Lipinski definition) is 0. The van der Waals surface area contributed by atoms with Gasteiger partial charge in [-0.1, -0.05) is 0 Å². The third-order valence-corrected chi connectivity index (χ3v) is 3.75. The molecule has 0 radical (unpaired) electrons. The number of nitrogens with zero attached hydrogens (tertiary/aromatic N) is 3. The van der Waals surface area contributed by atoms with Crippen LogP contribution in [0.5, 0.6) is 0 Å². The molecule has 1 aliphatic rings. The lowest BCUT2D eigenvalue weighted by Crippen LogP contribution is -2.42. The lowest BCUT2D eigenvalue weighted by molar-refractivity contribution is -0.150.